The Kier molecular flexibility index (Phi) is 9.12. The number of carbonyl (C=O) groups is 1. The number of likely N-dealkylation sites (tertiary alicyclic amines) is 1. The number of carbonyl (C=O) groups excluding carboxylic acids is 1. The Bertz CT molecular complexity index is 1130. The lowest BCUT2D eigenvalue weighted by atomic mass is 10.0. The molecule has 0 atom stereocenters. The summed E-state index contributed by atoms with van der Waals surface area (Å²) in [6.07, 6.45) is -4.35. The van der Waals surface area contributed by atoms with Crippen molar-refractivity contribution < 1.29 is 31.9 Å². The van der Waals surface area contributed by atoms with E-state index in [2.05, 4.69) is 5.32 Å². The molecule has 208 valence electrons. The Hall–Kier alpha value is -2.47. The lowest BCUT2D eigenvalue weighted by Gasteiger charge is -2.37. The minimum Gasteiger partial charge on any atom is -0.393 e. The van der Waals surface area contributed by atoms with Crippen LogP contribution in [0.4, 0.5) is 33.3 Å². The van der Waals surface area contributed by atoms with Crippen molar-refractivity contribution in [1.29, 1.82) is 0 Å². The molecule has 2 aromatic rings. The topological polar surface area (TPSA) is 59.1 Å². The Labute approximate surface area is 223 Å². The number of nitrogens with one attached hydrogen (secondary N) is 1. The molecule has 0 bridgehead atoms. The molecule has 1 amide bonds. The first-order chi connectivity index (χ1) is 18.0. The summed E-state index contributed by atoms with van der Waals surface area (Å²) in [7, 11) is 0. The van der Waals surface area contributed by atoms with Gasteiger partial charge in [-0.15, -0.1) is 0 Å². The molecule has 38 heavy (non-hydrogen) atoms. The van der Waals surface area contributed by atoms with Crippen LogP contribution < -0.4 is 10.2 Å². The second-order valence-electron chi connectivity index (χ2n) is 9.72. The van der Waals surface area contributed by atoms with Crippen molar-refractivity contribution in [3.63, 3.8) is 0 Å². The number of aliphatic hydroxyl groups is 1. The maximum Gasteiger partial charge on any atom is 0.390 e. The molecular weight excluding hydrogens is 531 g/mol. The van der Waals surface area contributed by atoms with E-state index < -0.39 is 35.7 Å². The Morgan fingerprint density at radius 1 is 0.974 bits per heavy atom. The van der Waals surface area contributed by atoms with Crippen molar-refractivity contribution in [1.82, 2.24) is 9.80 Å². The van der Waals surface area contributed by atoms with Crippen molar-refractivity contribution in [3.8, 4) is 0 Å². The van der Waals surface area contributed by atoms with Gasteiger partial charge < -0.3 is 15.3 Å². The fourth-order valence-corrected chi connectivity index (χ4v) is 4.93. The number of rotatable bonds is 7. The van der Waals surface area contributed by atoms with Crippen LogP contribution in [0.25, 0.3) is 0 Å². The van der Waals surface area contributed by atoms with Gasteiger partial charge in [-0.3, -0.25) is 14.6 Å². The van der Waals surface area contributed by atoms with E-state index >= 15 is 0 Å². The zero-order valence-electron chi connectivity index (χ0n) is 20.7. The normalized spacial score (nSPS) is 18.1. The quantitative estimate of drug-likeness (QED) is 0.472. The number of hydrogen-bond donors (Lipinski definition) is 2. The molecule has 2 fully saturated rings. The van der Waals surface area contributed by atoms with E-state index in [0.717, 1.165) is 0 Å². The summed E-state index contributed by atoms with van der Waals surface area (Å²) in [5.74, 6) is -3.16. The maximum atomic E-state index is 14.9. The predicted molar refractivity (Wildman–Crippen MR) is 136 cm³/mol. The zero-order valence-corrected chi connectivity index (χ0v) is 21.5. The molecule has 0 spiro atoms. The highest BCUT2D eigenvalue weighted by Gasteiger charge is 2.29. The number of piperidine rings is 1. The maximum absolute atomic E-state index is 14.9. The standard InChI is InChI=1S/C26H30ClF5N4O2/c27-18-2-4-21(22(15-18)36-13-11-34(12-14-36)10-7-26(30,31)32)33-25(38)20-3-1-17(23(28)24(20)29)16-35-8-5-19(37)6-9-35/h1-4,15,19,37H,5-14,16H2,(H,33,38). The number of hydrogen-bond acceptors (Lipinski definition) is 5. The summed E-state index contributed by atoms with van der Waals surface area (Å²) < 4.78 is 67.5. The lowest BCUT2D eigenvalue weighted by Crippen LogP contribution is -2.47. The molecule has 2 N–H and O–H groups in total. The molecule has 2 aliphatic heterocycles. The van der Waals surface area contributed by atoms with E-state index in [-0.39, 0.29) is 24.8 Å². The van der Waals surface area contributed by atoms with Crippen LogP contribution in [0.5, 0.6) is 0 Å². The molecule has 0 radical (unpaired) electrons. The first-order valence-corrected chi connectivity index (χ1v) is 12.9. The minimum atomic E-state index is -4.22. The number of piperazine rings is 1. The number of amides is 1. The molecule has 6 nitrogen and oxygen atoms in total. The average molecular weight is 561 g/mol. The molecule has 0 aliphatic carbocycles. The first-order valence-electron chi connectivity index (χ1n) is 12.5. The number of halogens is 6. The van der Waals surface area contributed by atoms with Gasteiger partial charge in [0.25, 0.3) is 5.91 Å². The summed E-state index contributed by atoms with van der Waals surface area (Å²) in [6, 6.07) is 7.37. The number of nitrogens with zero attached hydrogens (tertiary/aromatic N) is 3. The molecule has 0 unspecified atom stereocenters. The third kappa shape index (κ3) is 7.34. The van der Waals surface area contributed by atoms with Gasteiger partial charge in [-0.1, -0.05) is 17.7 Å². The summed E-state index contributed by atoms with van der Waals surface area (Å²) in [4.78, 5) is 18.5. The average Bonchev–Trinajstić information content (AvgIpc) is 2.88. The van der Waals surface area contributed by atoms with Crippen LogP contribution in [0.3, 0.4) is 0 Å². The molecular formula is C26H30ClF5N4O2. The monoisotopic (exact) mass is 560 g/mol. The zero-order chi connectivity index (χ0) is 27.4. The van der Waals surface area contributed by atoms with Gasteiger partial charge in [0.2, 0.25) is 0 Å². The minimum absolute atomic E-state index is 0.0863. The highest BCUT2D eigenvalue weighted by molar-refractivity contribution is 6.31. The third-order valence-electron chi connectivity index (χ3n) is 6.99. The summed E-state index contributed by atoms with van der Waals surface area (Å²) in [6.45, 7) is 2.84. The molecule has 2 saturated heterocycles. The van der Waals surface area contributed by atoms with Gasteiger partial charge in [-0.2, -0.15) is 13.2 Å². The number of alkyl halides is 3. The molecule has 2 heterocycles. The fraction of sp³-hybridized carbons (Fsp3) is 0.500. The molecule has 4 rings (SSSR count). The van der Waals surface area contributed by atoms with Gasteiger partial charge in [0.1, 0.15) is 0 Å². The SMILES string of the molecule is O=C(Nc1ccc(Cl)cc1N1CCN(CCC(F)(F)F)CC1)c1ccc(CN2CCC(O)CC2)c(F)c1F. The van der Waals surface area contributed by atoms with Crippen molar-refractivity contribution in [2.75, 3.05) is 56.0 Å². The largest absolute Gasteiger partial charge is 0.393 e. The number of anilines is 2. The van der Waals surface area contributed by atoms with E-state index in [9.17, 15) is 31.9 Å². The van der Waals surface area contributed by atoms with Gasteiger partial charge in [0, 0.05) is 62.9 Å². The Morgan fingerprint density at radius 2 is 1.66 bits per heavy atom. The van der Waals surface area contributed by atoms with Crippen molar-refractivity contribution in [2.24, 2.45) is 0 Å². The fourth-order valence-electron chi connectivity index (χ4n) is 4.76. The van der Waals surface area contributed by atoms with Gasteiger partial charge in [-0.05, 0) is 37.1 Å². The van der Waals surface area contributed by atoms with Crippen LogP contribution in [0, 0.1) is 11.6 Å². The van der Waals surface area contributed by atoms with E-state index in [1.54, 1.807) is 23.1 Å². The van der Waals surface area contributed by atoms with Crippen LogP contribution >= 0.6 is 11.6 Å². The van der Waals surface area contributed by atoms with E-state index in [0.29, 0.717) is 68.5 Å². The molecule has 0 aromatic heterocycles. The van der Waals surface area contributed by atoms with Crippen LogP contribution in [-0.4, -0.2) is 78.9 Å². The van der Waals surface area contributed by atoms with Gasteiger partial charge in [-0.25, -0.2) is 8.78 Å². The lowest BCUT2D eigenvalue weighted by molar-refractivity contribution is -0.138. The summed E-state index contributed by atoms with van der Waals surface area (Å²) in [5.41, 5.74) is 0.564. The van der Waals surface area contributed by atoms with Gasteiger partial charge in [0.05, 0.1) is 29.5 Å². The van der Waals surface area contributed by atoms with E-state index in [1.807, 2.05) is 9.80 Å². The van der Waals surface area contributed by atoms with Gasteiger partial charge >= 0.3 is 6.18 Å². The highest BCUT2D eigenvalue weighted by atomic mass is 35.5. The summed E-state index contributed by atoms with van der Waals surface area (Å²) >= 11 is 6.17. The van der Waals surface area contributed by atoms with Crippen LogP contribution in [0.15, 0.2) is 30.3 Å². The molecule has 12 heteroatoms. The van der Waals surface area contributed by atoms with Crippen molar-refractivity contribution in [3.05, 3.63) is 58.1 Å². The highest BCUT2D eigenvalue weighted by Crippen LogP contribution is 2.31. The first kappa shape index (κ1) is 28.5. The smallest absolute Gasteiger partial charge is 0.390 e. The van der Waals surface area contributed by atoms with Crippen LogP contribution in [-0.2, 0) is 6.54 Å². The molecule has 2 aromatic carbocycles. The van der Waals surface area contributed by atoms with Crippen molar-refractivity contribution >= 4 is 28.9 Å². The number of benzene rings is 2. The predicted octanol–water partition coefficient (Wildman–Crippen LogP) is 4.90. The van der Waals surface area contributed by atoms with E-state index in [4.69, 9.17) is 11.6 Å². The second kappa shape index (κ2) is 12.1. The Balaban J connectivity index is 1.43. The van der Waals surface area contributed by atoms with E-state index in [1.165, 1.54) is 12.1 Å². The van der Waals surface area contributed by atoms with Crippen LogP contribution in [0.2, 0.25) is 5.02 Å². The van der Waals surface area contributed by atoms with Gasteiger partial charge in [0.15, 0.2) is 11.6 Å². The third-order valence-corrected chi connectivity index (χ3v) is 7.23. The number of aliphatic hydroxyl groups excluding tert-OH is 1. The molecule has 0 saturated carbocycles. The second-order valence-corrected chi connectivity index (χ2v) is 10.2. The Morgan fingerprint density at radius 3 is 2.32 bits per heavy atom. The van der Waals surface area contributed by atoms with Crippen LogP contribution in [0.1, 0.15) is 35.2 Å². The van der Waals surface area contributed by atoms with Crippen molar-refractivity contribution in [2.45, 2.75) is 38.1 Å². The summed E-state index contributed by atoms with van der Waals surface area (Å²) in [5, 5.41) is 12.7. The molecule has 2 aliphatic rings.